The quantitative estimate of drug-likeness (QED) is 0.807. The highest BCUT2D eigenvalue weighted by atomic mass is 79.9. The third-order valence-electron chi connectivity index (χ3n) is 2.68. The van der Waals surface area contributed by atoms with Crippen LogP contribution in [0.2, 0.25) is 0 Å². The Balaban J connectivity index is 1.60. The monoisotopic (exact) mass is 359 g/mol. The first-order chi connectivity index (χ1) is 9.20. The number of halogens is 2. The van der Waals surface area contributed by atoms with E-state index in [1.54, 1.807) is 29.2 Å². The minimum atomic E-state index is -0.229. The van der Waals surface area contributed by atoms with Crippen LogP contribution in [0, 0.1) is 5.82 Å². The summed E-state index contributed by atoms with van der Waals surface area (Å²) < 4.78 is 14.7. The molecule has 0 atom stereocenters. The summed E-state index contributed by atoms with van der Waals surface area (Å²) in [5, 5.41) is 12.5. The summed E-state index contributed by atoms with van der Waals surface area (Å²) in [5.74, 6) is 0.520. The van der Waals surface area contributed by atoms with Crippen LogP contribution in [-0.4, -0.2) is 16.2 Å². The van der Waals surface area contributed by atoms with E-state index in [-0.39, 0.29) is 5.82 Å². The largest absolute Gasteiger partial charge is 0.357 e. The number of aromatic nitrogens is 2. The number of nitrogens with zero attached hydrogens (tertiary/aromatic N) is 2. The van der Waals surface area contributed by atoms with Gasteiger partial charge in [0.1, 0.15) is 5.82 Å². The molecule has 1 aromatic carbocycles. The molecule has 0 bridgehead atoms. The zero-order chi connectivity index (χ0) is 13.2. The summed E-state index contributed by atoms with van der Waals surface area (Å²) in [5.41, 5.74) is 1.05. The lowest BCUT2D eigenvalue weighted by Crippen LogP contribution is -1.99. The number of thioether (sulfide) groups is 1. The molecule has 0 spiro atoms. The molecule has 1 aromatic heterocycles. The Bertz CT molecular complexity index is 586. The molecule has 0 saturated heterocycles. The Morgan fingerprint density at radius 3 is 3.00 bits per heavy atom. The highest BCUT2D eigenvalue weighted by Crippen LogP contribution is 2.32. The maximum atomic E-state index is 13.0. The number of rotatable bonds is 5. The first-order valence-electron chi connectivity index (χ1n) is 5.87. The number of anilines is 1. The molecule has 1 fully saturated rings. The molecule has 0 aliphatic heterocycles. The Hall–Kier alpha value is -0.660. The van der Waals surface area contributed by atoms with Gasteiger partial charge in [0.25, 0.3) is 0 Å². The van der Waals surface area contributed by atoms with E-state index in [2.05, 4.69) is 31.4 Å². The molecule has 1 aliphatic carbocycles. The Morgan fingerprint density at radius 1 is 1.42 bits per heavy atom. The van der Waals surface area contributed by atoms with Crippen molar-refractivity contribution in [2.75, 3.05) is 5.32 Å². The van der Waals surface area contributed by atoms with E-state index in [4.69, 9.17) is 0 Å². The molecule has 1 N–H and O–H groups in total. The molecule has 0 radical (unpaired) electrons. The van der Waals surface area contributed by atoms with Gasteiger partial charge in [-0.3, -0.25) is 0 Å². The third-order valence-corrected chi connectivity index (χ3v) is 5.45. The van der Waals surface area contributed by atoms with E-state index in [1.807, 2.05) is 0 Å². The normalized spacial score (nSPS) is 14.6. The minimum Gasteiger partial charge on any atom is -0.357 e. The van der Waals surface area contributed by atoms with E-state index in [0.717, 1.165) is 25.3 Å². The van der Waals surface area contributed by atoms with E-state index in [9.17, 15) is 4.39 Å². The Labute approximate surface area is 127 Å². The molecule has 19 heavy (non-hydrogen) atoms. The van der Waals surface area contributed by atoms with Gasteiger partial charge in [0.05, 0.1) is 0 Å². The van der Waals surface area contributed by atoms with Crippen molar-refractivity contribution in [3.8, 4) is 0 Å². The van der Waals surface area contributed by atoms with Crippen LogP contribution in [0.1, 0.15) is 18.4 Å². The molecule has 0 unspecified atom stereocenters. The second kappa shape index (κ2) is 5.76. The highest BCUT2D eigenvalue weighted by molar-refractivity contribution is 9.10. The fourth-order valence-corrected chi connectivity index (χ4v) is 4.02. The van der Waals surface area contributed by atoms with Crippen LogP contribution in [0.25, 0.3) is 0 Å². The SMILES string of the molecule is Fc1ccc(CSc2nnc(NC3CC3)s2)c(Br)c1. The van der Waals surface area contributed by atoms with Gasteiger partial charge in [0.2, 0.25) is 5.13 Å². The topological polar surface area (TPSA) is 37.8 Å². The first kappa shape index (κ1) is 13.3. The molecular weight excluding hydrogens is 349 g/mol. The van der Waals surface area contributed by atoms with Crippen LogP contribution in [0.3, 0.4) is 0 Å². The van der Waals surface area contributed by atoms with Crippen LogP contribution in [-0.2, 0) is 5.75 Å². The number of benzene rings is 1. The summed E-state index contributed by atoms with van der Waals surface area (Å²) >= 11 is 6.55. The van der Waals surface area contributed by atoms with Crippen LogP contribution < -0.4 is 5.32 Å². The van der Waals surface area contributed by atoms with Crippen LogP contribution in [0.15, 0.2) is 27.0 Å². The fraction of sp³-hybridized carbons (Fsp3) is 0.333. The predicted octanol–water partition coefficient (Wildman–Crippen LogP) is 4.31. The van der Waals surface area contributed by atoms with E-state index in [0.29, 0.717) is 6.04 Å². The minimum absolute atomic E-state index is 0.229. The molecule has 1 saturated carbocycles. The lowest BCUT2D eigenvalue weighted by molar-refractivity contribution is 0.626. The van der Waals surface area contributed by atoms with Crippen molar-refractivity contribution in [1.29, 1.82) is 0 Å². The molecule has 3 rings (SSSR count). The second-order valence-electron chi connectivity index (χ2n) is 4.32. The highest BCUT2D eigenvalue weighted by Gasteiger charge is 2.22. The average molecular weight is 360 g/mol. The summed E-state index contributed by atoms with van der Waals surface area (Å²) in [4.78, 5) is 0. The lowest BCUT2D eigenvalue weighted by atomic mass is 10.2. The summed E-state index contributed by atoms with van der Waals surface area (Å²) in [7, 11) is 0. The van der Waals surface area contributed by atoms with E-state index in [1.165, 1.54) is 25.0 Å². The number of nitrogens with one attached hydrogen (secondary N) is 1. The summed E-state index contributed by atoms with van der Waals surface area (Å²) in [6.07, 6.45) is 2.45. The molecule has 100 valence electrons. The molecular formula is C12H11BrFN3S2. The number of hydrogen-bond donors (Lipinski definition) is 1. The maximum Gasteiger partial charge on any atom is 0.206 e. The predicted molar refractivity (Wildman–Crippen MR) is 80.2 cm³/mol. The lowest BCUT2D eigenvalue weighted by Gasteiger charge is -2.02. The Kier molecular flexibility index (Phi) is 4.04. The van der Waals surface area contributed by atoms with Gasteiger partial charge < -0.3 is 5.32 Å². The Morgan fingerprint density at radius 2 is 2.26 bits per heavy atom. The number of hydrogen-bond acceptors (Lipinski definition) is 5. The van der Waals surface area contributed by atoms with Crippen molar-refractivity contribution in [3.63, 3.8) is 0 Å². The smallest absolute Gasteiger partial charge is 0.206 e. The molecule has 2 aromatic rings. The van der Waals surface area contributed by atoms with Crippen molar-refractivity contribution in [1.82, 2.24) is 10.2 Å². The van der Waals surface area contributed by atoms with Crippen LogP contribution >= 0.6 is 39.0 Å². The molecule has 7 heteroatoms. The van der Waals surface area contributed by atoms with Crippen molar-refractivity contribution in [3.05, 3.63) is 34.1 Å². The van der Waals surface area contributed by atoms with E-state index >= 15 is 0 Å². The van der Waals surface area contributed by atoms with Gasteiger partial charge >= 0.3 is 0 Å². The average Bonchev–Trinajstić information content (AvgIpc) is 3.06. The van der Waals surface area contributed by atoms with Gasteiger partial charge in [0.15, 0.2) is 4.34 Å². The van der Waals surface area contributed by atoms with Crippen molar-refractivity contribution in [2.45, 2.75) is 29.0 Å². The van der Waals surface area contributed by atoms with Gasteiger partial charge in [-0.2, -0.15) is 0 Å². The fourth-order valence-electron chi connectivity index (χ4n) is 1.51. The van der Waals surface area contributed by atoms with Gasteiger partial charge in [-0.25, -0.2) is 4.39 Å². The van der Waals surface area contributed by atoms with Crippen molar-refractivity contribution < 1.29 is 4.39 Å². The van der Waals surface area contributed by atoms with Crippen LogP contribution in [0.4, 0.5) is 9.52 Å². The van der Waals surface area contributed by atoms with Crippen LogP contribution in [0.5, 0.6) is 0 Å². The summed E-state index contributed by atoms with van der Waals surface area (Å²) in [6, 6.07) is 5.34. The molecule has 1 aliphatic rings. The standard InChI is InChI=1S/C12H11BrFN3S2/c13-10-5-8(14)2-1-7(10)6-18-12-17-16-11(19-12)15-9-3-4-9/h1-2,5,9H,3-4,6H2,(H,15,16). The summed E-state index contributed by atoms with van der Waals surface area (Å²) in [6.45, 7) is 0. The molecule has 1 heterocycles. The second-order valence-corrected chi connectivity index (χ2v) is 7.37. The van der Waals surface area contributed by atoms with Gasteiger partial charge in [-0.05, 0) is 30.5 Å². The van der Waals surface area contributed by atoms with Gasteiger partial charge in [-0.1, -0.05) is 45.1 Å². The molecule has 3 nitrogen and oxygen atoms in total. The van der Waals surface area contributed by atoms with Crippen molar-refractivity contribution >= 4 is 44.2 Å². The van der Waals surface area contributed by atoms with Gasteiger partial charge in [0, 0.05) is 16.3 Å². The van der Waals surface area contributed by atoms with Crippen molar-refractivity contribution in [2.24, 2.45) is 0 Å². The zero-order valence-electron chi connectivity index (χ0n) is 9.90. The third kappa shape index (κ3) is 3.67. The van der Waals surface area contributed by atoms with Gasteiger partial charge in [-0.15, -0.1) is 10.2 Å². The first-order valence-corrected chi connectivity index (χ1v) is 8.47. The zero-order valence-corrected chi connectivity index (χ0v) is 13.1. The van der Waals surface area contributed by atoms with E-state index < -0.39 is 0 Å². The molecule has 0 amide bonds. The maximum absolute atomic E-state index is 13.0.